The molecule has 2 aromatic rings. The minimum absolute atomic E-state index is 0.551. The van der Waals surface area contributed by atoms with Gasteiger partial charge >= 0.3 is 0 Å². The van der Waals surface area contributed by atoms with Crippen molar-refractivity contribution in [3.8, 4) is 17.6 Å². The Morgan fingerprint density at radius 2 is 2.06 bits per heavy atom. The van der Waals surface area contributed by atoms with Crippen LogP contribution in [0.2, 0.25) is 0 Å². The summed E-state index contributed by atoms with van der Waals surface area (Å²) in [6, 6.07) is 14.2. The summed E-state index contributed by atoms with van der Waals surface area (Å²) >= 11 is 0. The Bertz CT molecular complexity index is 627. The molecule has 0 radical (unpaired) electrons. The third kappa shape index (κ3) is 2.55. The second-order valence-electron chi connectivity index (χ2n) is 3.88. The lowest BCUT2D eigenvalue weighted by atomic mass is 10.1. The molecule has 88 valence electrons. The molecule has 0 aliphatic carbocycles. The van der Waals surface area contributed by atoms with Gasteiger partial charge in [-0.15, -0.1) is 0 Å². The predicted molar refractivity (Wildman–Crippen MR) is 67.8 cm³/mol. The normalized spacial score (nSPS) is 9.56. The van der Waals surface area contributed by atoms with Crippen LogP contribution in [-0.4, -0.2) is 6.29 Å². The zero-order valence-corrected chi connectivity index (χ0v) is 9.88. The van der Waals surface area contributed by atoms with Crippen molar-refractivity contribution in [1.29, 1.82) is 5.26 Å². The van der Waals surface area contributed by atoms with Crippen molar-refractivity contribution in [2.75, 3.05) is 0 Å². The van der Waals surface area contributed by atoms with Crippen LogP contribution < -0.4 is 4.74 Å². The molecule has 0 aromatic heterocycles. The summed E-state index contributed by atoms with van der Waals surface area (Å²) in [4.78, 5) is 10.6. The topological polar surface area (TPSA) is 50.1 Å². The average molecular weight is 237 g/mol. The van der Waals surface area contributed by atoms with Gasteiger partial charge in [0.05, 0.1) is 11.6 Å². The summed E-state index contributed by atoms with van der Waals surface area (Å²) in [6.45, 7) is 1.87. The number of nitrogens with zero attached hydrogens (tertiary/aromatic N) is 1. The highest BCUT2D eigenvalue weighted by Gasteiger charge is 2.03. The fraction of sp³-hybridized carbons (Fsp3) is 0.0667. The Labute approximate surface area is 105 Å². The molecule has 0 spiro atoms. The van der Waals surface area contributed by atoms with Crippen LogP contribution >= 0.6 is 0 Å². The minimum atomic E-state index is 0.551. The molecule has 18 heavy (non-hydrogen) atoms. The fourth-order valence-electron chi connectivity index (χ4n) is 1.62. The molecule has 0 unspecified atom stereocenters. The Balaban J connectivity index is 2.28. The molecule has 0 N–H and O–H groups in total. The van der Waals surface area contributed by atoms with E-state index in [0.29, 0.717) is 22.6 Å². The van der Waals surface area contributed by atoms with Gasteiger partial charge in [-0.05, 0) is 48.9 Å². The molecule has 2 aromatic carbocycles. The van der Waals surface area contributed by atoms with Crippen molar-refractivity contribution in [2.24, 2.45) is 0 Å². The highest BCUT2D eigenvalue weighted by Crippen LogP contribution is 2.25. The van der Waals surface area contributed by atoms with Crippen LogP contribution in [0.15, 0.2) is 42.5 Å². The van der Waals surface area contributed by atoms with Gasteiger partial charge < -0.3 is 4.74 Å². The first kappa shape index (κ1) is 11.9. The SMILES string of the molecule is Cc1cc(C=O)ccc1Oc1cccc(C#N)c1. The first-order valence-corrected chi connectivity index (χ1v) is 5.47. The van der Waals surface area contributed by atoms with Crippen molar-refractivity contribution in [3.05, 3.63) is 59.2 Å². The predicted octanol–water partition coefficient (Wildman–Crippen LogP) is 3.47. The monoisotopic (exact) mass is 237 g/mol. The molecule has 0 bridgehead atoms. The molecule has 0 saturated carbocycles. The first-order valence-electron chi connectivity index (χ1n) is 5.47. The van der Waals surface area contributed by atoms with Crippen molar-refractivity contribution >= 4 is 6.29 Å². The number of hydrogen-bond acceptors (Lipinski definition) is 3. The number of aryl methyl sites for hydroxylation is 1. The number of nitriles is 1. The second-order valence-corrected chi connectivity index (χ2v) is 3.88. The summed E-state index contributed by atoms with van der Waals surface area (Å²) in [6.07, 6.45) is 0.799. The van der Waals surface area contributed by atoms with Gasteiger partial charge in [0.25, 0.3) is 0 Å². The lowest BCUT2D eigenvalue weighted by molar-refractivity contribution is 0.112. The standard InChI is InChI=1S/C15H11NO2/c1-11-7-13(10-17)5-6-15(11)18-14-4-2-3-12(8-14)9-16/h2-8,10H,1H3. The van der Waals surface area contributed by atoms with Crippen molar-refractivity contribution in [2.45, 2.75) is 6.92 Å². The van der Waals surface area contributed by atoms with E-state index in [1.165, 1.54) is 0 Å². The van der Waals surface area contributed by atoms with Crippen LogP contribution in [0.25, 0.3) is 0 Å². The van der Waals surface area contributed by atoms with Crippen LogP contribution in [0.4, 0.5) is 0 Å². The van der Waals surface area contributed by atoms with Crippen molar-refractivity contribution < 1.29 is 9.53 Å². The minimum Gasteiger partial charge on any atom is -0.457 e. The van der Waals surface area contributed by atoms with E-state index < -0.39 is 0 Å². The van der Waals surface area contributed by atoms with E-state index in [-0.39, 0.29) is 0 Å². The van der Waals surface area contributed by atoms with Crippen LogP contribution in [-0.2, 0) is 0 Å². The van der Waals surface area contributed by atoms with Gasteiger partial charge in [-0.2, -0.15) is 5.26 Å². The number of benzene rings is 2. The number of carbonyl (C=O) groups is 1. The van der Waals surface area contributed by atoms with Crippen LogP contribution in [0, 0.1) is 18.3 Å². The van der Waals surface area contributed by atoms with E-state index in [0.717, 1.165) is 11.8 Å². The van der Waals surface area contributed by atoms with E-state index in [1.54, 1.807) is 42.5 Å². The molecule has 3 nitrogen and oxygen atoms in total. The quantitative estimate of drug-likeness (QED) is 0.768. The van der Waals surface area contributed by atoms with Gasteiger partial charge in [-0.25, -0.2) is 0 Å². The third-order valence-corrected chi connectivity index (χ3v) is 2.53. The summed E-state index contributed by atoms with van der Waals surface area (Å²) in [7, 11) is 0. The molecule has 0 aliphatic heterocycles. The van der Waals surface area contributed by atoms with E-state index in [1.807, 2.05) is 6.92 Å². The highest BCUT2D eigenvalue weighted by molar-refractivity contribution is 5.75. The molecule has 0 aliphatic rings. The highest BCUT2D eigenvalue weighted by atomic mass is 16.5. The molecule has 3 heteroatoms. The van der Waals surface area contributed by atoms with Gasteiger partial charge in [-0.1, -0.05) is 6.07 Å². The maximum absolute atomic E-state index is 10.6. The van der Waals surface area contributed by atoms with Crippen molar-refractivity contribution in [3.63, 3.8) is 0 Å². The van der Waals surface area contributed by atoms with E-state index in [4.69, 9.17) is 10.00 Å². The van der Waals surface area contributed by atoms with Gasteiger partial charge in [0.15, 0.2) is 0 Å². The second kappa shape index (κ2) is 5.15. The number of aldehydes is 1. The molecule has 0 saturated heterocycles. The van der Waals surface area contributed by atoms with E-state index in [9.17, 15) is 4.79 Å². The van der Waals surface area contributed by atoms with Gasteiger partial charge in [0.1, 0.15) is 17.8 Å². The average Bonchev–Trinajstić information content (AvgIpc) is 2.41. The zero-order valence-electron chi connectivity index (χ0n) is 9.88. The lowest BCUT2D eigenvalue weighted by Crippen LogP contribution is -1.90. The summed E-state index contributed by atoms with van der Waals surface area (Å²) in [5.74, 6) is 1.28. The number of hydrogen-bond donors (Lipinski definition) is 0. The van der Waals surface area contributed by atoms with Gasteiger partial charge in [-0.3, -0.25) is 4.79 Å². The molecule has 0 heterocycles. The molecule has 0 atom stereocenters. The Hall–Kier alpha value is -2.60. The van der Waals surface area contributed by atoms with E-state index >= 15 is 0 Å². The summed E-state index contributed by atoms with van der Waals surface area (Å²) in [5, 5.41) is 8.81. The van der Waals surface area contributed by atoms with Gasteiger partial charge in [0.2, 0.25) is 0 Å². The third-order valence-electron chi connectivity index (χ3n) is 2.53. The summed E-state index contributed by atoms with van der Waals surface area (Å²) in [5.41, 5.74) is 2.04. The smallest absolute Gasteiger partial charge is 0.150 e. The molecular formula is C15H11NO2. The van der Waals surface area contributed by atoms with Crippen LogP contribution in [0.1, 0.15) is 21.5 Å². The molecule has 0 fully saturated rings. The number of ether oxygens (including phenoxy) is 1. The van der Waals surface area contributed by atoms with Gasteiger partial charge in [0, 0.05) is 5.56 Å². The zero-order chi connectivity index (χ0) is 13.0. The Kier molecular flexibility index (Phi) is 3.40. The maximum Gasteiger partial charge on any atom is 0.150 e. The molecular weight excluding hydrogens is 226 g/mol. The number of rotatable bonds is 3. The Morgan fingerprint density at radius 3 is 2.72 bits per heavy atom. The molecule has 0 amide bonds. The number of carbonyl (C=O) groups excluding carboxylic acids is 1. The fourth-order valence-corrected chi connectivity index (χ4v) is 1.62. The largest absolute Gasteiger partial charge is 0.457 e. The van der Waals surface area contributed by atoms with E-state index in [2.05, 4.69) is 6.07 Å². The molecule has 2 rings (SSSR count). The van der Waals surface area contributed by atoms with Crippen LogP contribution in [0.3, 0.4) is 0 Å². The maximum atomic E-state index is 10.6. The Morgan fingerprint density at radius 1 is 1.22 bits per heavy atom. The van der Waals surface area contributed by atoms with Crippen LogP contribution in [0.5, 0.6) is 11.5 Å². The summed E-state index contributed by atoms with van der Waals surface area (Å²) < 4.78 is 5.68. The van der Waals surface area contributed by atoms with Crippen molar-refractivity contribution in [1.82, 2.24) is 0 Å². The first-order chi connectivity index (χ1) is 8.72. The lowest BCUT2D eigenvalue weighted by Gasteiger charge is -2.09.